The molecule has 0 aliphatic carbocycles. The maximum absolute atomic E-state index is 14.4. The zero-order valence-corrected chi connectivity index (χ0v) is 16.7. The molecule has 0 spiro atoms. The van der Waals surface area contributed by atoms with E-state index in [1.165, 1.54) is 12.0 Å². The highest BCUT2D eigenvalue weighted by Gasteiger charge is 2.50. The van der Waals surface area contributed by atoms with E-state index in [0.29, 0.717) is 34.7 Å². The number of alkyl halides is 3. The quantitative estimate of drug-likeness (QED) is 0.515. The van der Waals surface area contributed by atoms with Gasteiger partial charge in [-0.05, 0) is 59.5 Å². The van der Waals surface area contributed by atoms with Gasteiger partial charge >= 0.3 is 6.18 Å². The Kier molecular flexibility index (Phi) is 5.33. The molecule has 30 heavy (non-hydrogen) atoms. The number of methoxy groups -OCH3 is 2. The lowest BCUT2D eigenvalue weighted by Gasteiger charge is -2.45. The van der Waals surface area contributed by atoms with Gasteiger partial charge in [0.2, 0.25) is 0 Å². The van der Waals surface area contributed by atoms with Crippen LogP contribution in [-0.2, 0) is 6.42 Å². The Hall–Kier alpha value is -3.15. The van der Waals surface area contributed by atoms with E-state index in [1.807, 2.05) is 12.1 Å². The molecule has 2 atom stereocenters. The predicted octanol–water partition coefficient (Wildman–Crippen LogP) is 6.11. The fraction of sp³-hybridized carbons (Fsp3) is 0.250. The van der Waals surface area contributed by atoms with Crippen LogP contribution in [0.25, 0.3) is 0 Å². The number of benzene rings is 3. The van der Waals surface area contributed by atoms with E-state index in [0.717, 1.165) is 5.56 Å². The number of nitrogens with zero attached hydrogens (tertiary/aromatic N) is 1. The molecule has 0 unspecified atom stereocenters. The number of anilines is 1. The van der Waals surface area contributed by atoms with Gasteiger partial charge in [0.1, 0.15) is 11.5 Å². The minimum Gasteiger partial charge on any atom is -0.497 e. The smallest absolute Gasteiger partial charge is 0.413 e. The lowest BCUT2D eigenvalue weighted by molar-refractivity contribution is -0.153. The van der Waals surface area contributed by atoms with E-state index >= 15 is 0 Å². The summed E-state index contributed by atoms with van der Waals surface area (Å²) < 4.78 is 53.7. The molecule has 0 bridgehead atoms. The topological polar surface area (TPSA) is 21.7 Å². The van der Waals surface area contributed by atoms with Crippen LogP contribution in [0.2, 0.25) is 0 Å². The lowest BCUT2D eigenvalue weighted by atomic mass is 9.84. The summed E-state index contributed by atoms with van der Waals surface area (Å²) in [6.07, 6.45) is -3.97. The summed E-state index contributed by atoms with van der Waals surface area (Å²) in [5, 5.41) is 0. The minimum atomic E-state index is -4.44. The fourth-order valence-electron chi connectivity index (χ4n) is 4.15. The second-order valence-electron chi connectivity index (χ2n) is 7.24. The summed E-state index contributed by atoms with van der Waals surface area (Å²) in [5.41, 5.74) is 2.31. The SMILES string of the molecule is COc1ccc([C@H]2Cc3ccccc3[C@@H](C(F)(F)F)N2c2ccc(OC)cc2)cc1. The van der Waals surface area contributed by atoms with Crippen molar-refractivity contribution in [3.8, 4) is 11.5 Å². The van der Waals surface area contributed by atoms with Gasteiger partial charge in [-0.25, -0.2) is 0 Å². The maximum Gasteiger partial charge on any atom is 0.413 e. The molecule has 156 valence electrons. The highest BCUT2D eigenvalue weighted by atomic mass is 19.4. The fourth-order valence-corrected chi connectivity index (χ4v) is 4.15. The Morgan fingerprint density at radius 3 is 1.93 bits per heavy atom. The van der Waals surface area contributed by atoms with Crippen LogP contribution in [0.5, 0.6) is 11.5 Å². The summed E-state index contributed by atoms with van der Waals surface area (Å²) in [4.78, 5) is 1.48. The molecule has 1 aliphatic rings. The van der Waals surface area contributed by atoms with Crippen LogP contribution in [0.15, 0.2) is 72.8 Å². The summed E-state index contributed by atoms with van der Waals surface area (Å²) in [6, 6.07) is 18.6. The molecule has 6 heteroatoms. The number of ether oxygens (including phenoxy) is 2. The zero-order valence-electron chi connectivity index (χ0n) is 16.7. The Labute approximate surface area is 173 Å². The van der Waals surface area contributed by atoms with Crippen molar-refractivity contribution in [1.82, 2.24) is 0 Å². The molecule has 3 nitrogen and oxygen atoms in total. The Morgan fingerprint density at radius 1 is 0.800 bits per heavy atom. The van der Waals surface area contributed by atoms with Gasteiger partial charge in [0.15, 0.2) is 6.04 Å². The molecule has 1 aliphatic heterocycles. The van der Waals surface area contributed by atoms with Crippen molar-refractivity contribution in [3.63, 3.8) is 0 Å². The number of fused-ring (bicyclic) bond motifs is 1. The van der Waals surface area contributed by atoms with Crippen LogP contribution in [0.1, 0.15) is 28.8 Å². The molecule has 3 aromatic carbocycles. The highest BCUT2D eigenvalue weighted by molar-refractivity contribution is 5.57. The van der Waals surface area contributed by atoms with E-state index in [-0.39, 0.29) is 0 Å². The van der Waals surface area contributed by atoms with Crippen molar-refractivity contribution in [2.75, 3.05) is 19.1 Å². The first kappa shape index (κ1) is 20.1. The van der Waals surface area contributed by atoms with Crippen LogP contribution < -0.4 is 14.4 Å². The number of halogens is 3. The van der Waals surface area contributed by atoms with Crippen LogP contribution in [0.3, 0.4) is 0 Å². The summed E-state index contributed by atoms with van der Waals surface area (Å²) in [6.45, 7) is 0. The van der Waals surface area contributed by atoms with E-state index < -0.39 is 18.3 Å². The molecular formula is C24H22F3NO2. The molecule has 0 amide bonds. The zero-order chi connectivity index (χ0) is 21.3. The van der Waals surface area contributed by atoms with Crippen molar-refractivity contribution >= 4 is 5.69 Å². The van der Waals surface area contributed by atoms with Crippen molar-refractivity contribution in [2.24, 2.45) is 0 Å². The first-order chi connectivity index (χ1) is 14.4. The molecule has 0 fully saturated rings. The van der Waals surface area contributed by atoms with Crippen LogP contribution >= 0.6 is 0 Å². The molecule has 0 saturated carbocycles. The minimum absolute atomic E-state index is 0.297. The summed E-state index contributed by atoms with van der Waals surface area (Å²) >= 11 is 0. The standard InChI is InChI=1S/C24H22F3NO2/c1-29-19-11-7-16(8-12-19)22-15-17-5-3-4-6-21(17)23(24(25,26)27)28(22)18-9-13-20(30-2)14-10-18/h3-14,22-23H,15H2,1-2H3/t22-,23+/m1/s1. The van der Waals surface area contributed by atoms with Crippen LogP contribution in [0.4, 0.5) is 18.9 Å². The Bertz CT molecular complexity index is 1000. The third-order valence-electron chi connectivity index (χ3n) is 5.56. The molecule has 0 N–H and O–H groups in total. The first-order valence-corrected chi connectivity index (χ1v) is 9.63. The largest absolute Gasteiger partial charge is 0.497 e. The molecule has 0 aromatic heterocycles. The van der Waals surface area contributed by atoms with Gasteiger partial charge in [0, 0.05) is 5.69 Å². The van der Waals surface area contributed by atoms with Crippen LogP contribution in [-0.4, -0.2) is 20.4 Å². The third-order valence-corrected chi connectivity index (χ3v) is 5.56. The van der Waals surface area contributed by atoms with Crippen molar-refractivity contribution in [1.29, 1.82) is 0 Å². The summed E-state index contributed by atoms with van der Waals surface area (Å²) in [5.74, 6) is 1.26. The van der Waals surface area contributed by atoms with Crippen molar-refractivity contribution < 1.29 is 22.6 Å². The van der Waals surface area contributed by atoms with Gasteiger partial charge < -0.3 is 14.4 Å². The molecule has 0 saturated heterocycles. The molecule has 4 rings (SSSR count). The van der Waals surface area contributed by atoms with Gasteiger partial charge in [0.25, 0.3) is 0 Å². The first-order valence-electron chi connectivity index (χ1n) is 9.63. The van der Waals surface area contributed by atoms with E-state index in [1.54, 1.807) is 67.8 Å². The third kappa shape index (κ3) is 3.70. The molecule has 3 aromatic rings. The second kappa shape index (κ2) is 7.94. The van der Waals surface area contributed by atoms with Gasteiger partial charge in [-0.2, -0.15) is 13.2 Å². The normalized spacial score (nSPS) is 18.6. The molecule has 1 heterocycles. The lowest BCUT2D eigenvalue weighted by Crippen LogP contribution is -2.45. The number of rotatable bonds is 4. The summed E-state index contributed by atoms with van der Waals surface area (Å²) in [7, 11) is 3.10. The van der Waals surface area contributed by atoms with Gasteiger partial charge in [-0.3, -0.25) is 0 Å². The molecular weight excluding hydrogens is 391 g/mol. The average Bonchev–Trinajstić information content (AvgIpc) is 2.77. The van der Waals surface area contributed by atoms with Gasteiger partial charge in [-0.1, -0.05) is 36.4 Å². The maximum atomic E-state index is 14.4. The van der Waals surface area contributed by atoms with Gasteiger partial charge in [-0.15, -0.1) is 0 Å². The van der Waals surface area contributed by atoms with E-state index in [2.05, 4.69) is 0 Å². The highest BCUT2D eigenvalue weighted by Crippen LogP contribution is 2.50. The molecule has 0 radical (unpaired) electrons. The van der Waals surface area contributed by atoms with E-state index in [9.17, 15) is 13.2 Å². The number of hydrogen-bond acceptors (Lipinski definition) is 3. The van der Waals surface area contributed by atoms with Crippen molar-refractivity contribution in [3.05, 3.63) is 89.5 Å². The van der Waals surface area contributed by atoms with Crippen molar-refractivity contribution in [2.45, 2.75) is 24.7 Å². The number of hydrogen-bond donors (Lipinski definition) is 0. The Balaban J connectivity index is 1.89. The average molecular weight is 413 g/mol. The predicted molar refractivity (Wildman–Crippen MR) is 110 cm³/mol. The second-order valence-corrected chi connectivity index (χ2v) is 7.24. The Morgan fingerprint density at radius 2 is 1.37 bits per heavy atom. The van der Waals surface area contributed by atoms with Gasteiger partial charge in [0.05, 0.1) is 20.3 Å². The monoisotopic (exact) mass is 413 g/mol. The van der Waals surface area contributed by atoms with Crippen LogP contribution in [0, 0.1) is 0 Å². The van der Waals surface area contributed by atoms with E-state index in [4.69, 9.17) is 9.47 Å².